The number of nitrogens with zero attached hydrogens (tertiary/aromatic N) is 1. The molecule has 2 aromatic rings. The number of carbonyl (C=O) groups is 1. The van der Waals surface area contributed by atoms with Crippen LogP contribution in [-0.2, 0) is 4.79 Å². The van der Waals surface area contributed by atoms with E-state index in [2.05, 4.69) is 16.8 Å². The molecule has 0 N–H and O–H groups in total. The molecule has 3 nitrogen and oxygen atoms in total. The Morgan fingerprint density at radius 2 is 2.15 bits per heavy atom. The molecule has 1 aromatic heterocycles. The van der Waals surface area contributed by atoms with E-state index in [1.54, 1.807) is 11.3 Å². The van der Waals surface area contributed by atoms with Crippen molar-refractivity contribution in [2.75, 3.05) is 13.2 Å². The third-order valence-electron chi connectivity index (χ3n) is 3.61. The lowest BCUT2D eigenvalue weighted by atomic mass is 10.1. The van der Waals surface area contributed by atoms with E-state index >= 15 is 0 Å². The van der Waals surface area contributed by atoms with E-state index in [-0.39, 0.29) is 18.6 Å². The second-order valence-corrected chi connectivity index (χ2v) is 5.68. The fraction of sp³-hybridized carbons (Fsp3) is 0.312. The standard InChI is InChI=1S/C16H17NO2S/c18-16(11-19-14-5-2-1-3-6-14)17-9-4-7-15(17)13-8-10-20-12-13/h1-3,5-6,8,10,12,15H,4,7,9,11H2/t15-/m0/s1. The van der Waals surface area contributed by atoms with Gasteiger partial charge in [0.2, 0.25) is 0 Å². The Balaban J connectivity index is 1.62. The van der Waals surface area contributed by atoms with Crippen molar-refractivity contribution < 1.29 is 9.53 Å². The topological polar surface area (TPSA) is 29.5 Å². The highest BCUT2D eigenvalue weighted by Crippen LogP contribution is 2.33. The zero-order chi connectivity index (χ0) is 13.8. The molecule has 1 aromatic carbocycles. The Kier molecular flexibility index (Phi) is 4.02. The van der Waals surface area contributed by atoms with Gasteiger partial charge < -0.3 is 9.64 Å². The fourth-order valence-electron chi connectivity index (χ4n) is 2.62. The van der Waals surface area contributed by atoms with E-state index in [4.69, 9.17) is 4.74 Å². The average Bonchev–Trinajstić information content (AvgIpc) is 3.15. The van der Waals surface area contributed by atoms with Crippen molar-refractivity contribution in [3.63, 3.8) is 0 Å². The normalized spacial score (nSPS) is 18.2. The number of hydrogen-bond donors (Lipinski definition) is 0. The summed E-state index contributed by atoms with van der Waals surface area (Å²) in [6.07, 6.45) is 2.12. The molecule has 1 aliphatic rings. The van der Waals surface area contributed by atoms with Gasteiger partial charge in [-0.3, -0.25) is 4.79 Å². The molecule has 1 saturated heterocycles. The predicted molar refractivity (Wildman–Crippen MR) is 79.9 cm³/mol. The van der Waals surface area contributed by atoms with Gasteiger partial charge in [0.1, 0.15) is 5.75 Å². The van der Waals surface area contributed by atoms with E-state index < -0.39 is 0 Å². The molecule has 0 spiro atoms. The van der Waals surface area contributed by atoms with Crippen LogP contribution in [0.2, 0.25) is 0 Å². The lowest BCUT2D eigenvalue weighted by Crippen LogP contribution is -2.34. The highest BCUT2D eigenvalue weighted by Gasteiger charge is 2.30. The van der Waals surface area contributed by atoms with Crippen molar-refractivity contribution in [3.05, 3.63) is 52.7 Å². The highest BCUT2D eigenvalue weighted by atomic mass is 32.1. The summed E-state index contributed by atoms with van der Waals surface area (Å²) < 4.78 is 5.56. The number of thiophene rings is 1. The molecule has 104 valence electrons. The van der Waals surface area contributed by atoms with Gasteiger partial charge in [-0.1, -0.05) is 18.2 Å². The minimum atomic E-state index is 0.0718. The predicted octanol–water partition coefficient (Wildman–Crippen LogP) is 3.49. The van der Waals surface area contributed by atoms with Crippen molar-refractivity contribution in [2.24, 2.45) is 0 Å². The van der Waals surface area contributed by atoms with Crippen molar-refractivity contribution >= 4 is 17.2 Å². The van der Waals surface area contributed by atoms with Crippen molar-refractivity contribution in [3.8, 4) is 5.75 Å². The van der Waals surface area contributed by atoms with Crippen LogP contribution in [0.5, 0.6) is 5.75 Å². The number of benzene rings is 1. The first-order valence-electron chi connectivity index (χ1n) is 6.84. The number of likely N-dealkylation sites (tertiary alicyclic amines) is 1. The van der Waals surface area contributed by atoms with Gasteiger partial charge >= 0.3 is 0 Å². The third-order valence-corrected chi connectivity index (χ3v) is 4.31. The van der Waals surface area contributed by atoms with Crippen LogP contribution >= 0.6 is 11.3 Å². The molecule has 4 heteroatoms. The van der Waals surface area contributed by atoms with E-state index in [1.807, 2.05) is 35.2 Å². The monoisotopic (exact) mass is 287 g/mol. The minimum Gasteiger partial charge on any atom is -0.484 e. The molecular weight excluding hydrogens is 270 g/mol. The van der Waals surface area contributed by atoms with Crippen molar-refractivity contribution in [2.45, 2.75) is 18.9 Å². The summed E-state index contributed by atoms with van der Waals surface area (Å²) in [6, 6.07) is 11.8. The third kappa shape index (κ3) is 2.85. The lowest BCUT2D eigenvalue weighted by molar-refractivity contribution is -0.134. The number of para-hydroxylation sites is 1. The Morgan fingerprint density at radius 3 is 2.90 bits per heavy atom. The molecule has 0 aliphatic carbocycles. The Labute approximate surface area is 122 Å². The molecule has 1 aliphatic heterocycles. The summed E-state index contributed by atoms with van der Waals surface area (Å²) in [4.78, 5) is 14.3. The second-order valence-electron chi connectivity index (χ2n) is 4.90. The van der Waals surface area contributed by atoms with Crippen LogP contribution in [-0.4, -0.2) is 24.0 Å². The second kappa shape index (κ2) is 6.09. The zero-order valence-corrected chi connectivity index (χ0v) is 12.0. The molecule has 0 bridgehead atoms. The maximum atomic E-state index is 12.3. The maximum absolute atomic E-state index is 12.3. The van der Waals surface area contributed by atoms with Gasteiger partial charge in [-0.25, -0.2) is 0 Å². The summed E-state index contributed by atoms with van der Waals surface area (Å²) in [5.74, 6) is 0.815. The molecule has 20 heavy (non-hydrogen) atoms. The Bertz CT molecular complexity index is 553. The zero-order valence-electron chi connectivity index (χ0n) is 11.2. The Hall–Kier alpha value is -1.81. The quantitative estimate of drug-likeness (QED) is 0.861. The van der Waals surface area contributed by atoms with Gasteiger partial charge in [-0.05, 0) is 47.4 Å². The number of amides is 1. The molecular formula is C16H17NO2S. The van der Waals surface area contributed by atoms with E-state index in [9.17, 15) is 4.79 Å². The van der Waals surface area contributed by atoms with Crippen LogP contribution in [0.4, 0.5) is 0 Å². The van der Waals surface area contributed by atoms with Crippen LogP contribution < -0.4 is 4.74 Å². The van der Waals surface area contributed by atoms with Gasteiger partial charge in [-0.2, -0.15) is 11.3 Å². The van der Waals surface area contributed by atoms with Gasteiger partial charge in [0.25, 0.3) is 5.91 Å². The van der Waals surface area contributed by atoms with E-state index in [0.29, 0.717) is 0 Å². The molecule has 0 radical (unpaired) electrons. The van der Waals surface area contributed by atoms with Gasteiger partial charge in [-0.15, -0.1) is 0 Å². The van der Waals surface area contributed by atoms with Gasteiger partial charge in [0, 0.05) is 6.54 Å². The molecule has 0 saturated carbocycles. The Morgan fingerprint density at radius 1 is 1.30 bits per heavy atom. The van der Waals surface area contributed by atoms with Crippen LogP contribution in [0.25, 0.3) is 0 Å². The summed E-state index contributed by atoms with van der Waals surface area (Å²) in [6.45, 7) is 0.947. The summed E-state index contributed by atoms with van der Waals surface area (Å²) in [7, 11) is 0. The molecule has 1 fully saturated rings. The smallest absolute Gasteiger partial charge is 0.261 e. The molecule has 1 amide bonds. The van der Waals surface area contributed by atoms with Gasteiger partial charge in [0.15, 0.2) is 6.61 Å². The molecule has 2 heterocycles. The summed E-state index contributed by atoms with van der Waals surface area (Å²) in [5.41, 5.74) is 1.25. The first-order valence-corrected chi connectivity index (χ1v) is 7.78. The van der Waals surface area contributed by atoms with Crippen molar-refractivity contribution in [1.82, 2.24) is 4.90 Å². The molecule has 3 rings (SSSR count). The average molecular weight is 287 g/mol. The minimum absolute atomic E-state index is 0.0718. The molecule has 0 unspecified atom stereocenters. The van der Waals surface area contributed by atoms with Crippen molar-refractivity contribution in [1.29, 1.82) is 0 Å². The van der Waals surface area contributed by atoms with E-state index in [0.717, 1.165) is 25.1 Å². The van der Waals surface area contributed by atoms with E-state index in [1.165, 1.54) is 5.56 Å². The molecule has 1 atom stereocenters. The maximum Gasteiger partial charge on any atom is 0.261 e. The van der Waals surface area contributed by atoms with Crippen LogP contribution in [0.3, 0.4) is 0 Å². The highest BCUT2D eigenvalue weighted by molar-refractivity contribution is 7.07. The SMILES string of the molecule is O=C(COc1ccccc1)N1CCC[C@H]1c1ccsc1. The first kappa shape index (κ1) is 13.2. The number of ether oxygens (including phenoxy) is 1. The van der Waals surface area contributed by atoms with Crippen LogP contribution in [0, 0.1) is 0 Å². The first-order chi connectivity index (χ1) is 9.84. The van der Waals surface area contributed by atoms with Crippen LogP contribution in [0.15, 0.2) is 47.2 Å². The fourth-order valence-corrected chi connectivity index (χ4v) is 3.33. The van der Waals surface area contributed by atoms with Gasteiger partial charge in [0.05, 0.1) is 6.04 Å². The lowest BCUT2D eigenvalue weighted by Gasteiger charge is -2.24. The largest absolute Gasteiger partial charge is 0.484 e. The summed E-state index contributed by atoms with van der Waals surface area (Å²) in [5, 5.41) is 4.20. The number of carbonyl (C=O) groups excluding carboxylic acids is 1. The van der Waals surface area contributed by atoms with Crippen LogP contribution in [0.1, 0.15) is 24.4 Å². The number of rotatable bonds is 4. The number of hydrogen-bond acceptors (Lipinski definition) is 3. The summed E-state index contributed by atoms with van der Waals surface area (Å²) >= 11 is 1.68.